The number of aromatic nitrogens is 1. The molecule has 2 amide bonds. The Labute approximate surface area is 144 Å². The minimum Gasteiger partial charge on any atom is -0.486 e. The second-order valence-electron chi connectivity index (χ2n) is 5.27. The van der Waals surface area contributed by atoms with Gasteiger partial charge in [-0.05, 0) is 18.2 Å². The van der Waals surface area contributed by atoms with Crippen molar-refractivity contribution in [2.45, 2.75) is 0 Å². The second-order valence-corrected chi connectivity index (χ2v) is 5.27. The normalized spacial score (nSPS) is 12.2. The highest BCUT2D eigenvalue weighted by molar-refractivity contribution is 6.06. The molecule has 2 heterocycles. The van der Waals surface area contributed by atoms with Crippen molar-refractivity contribution < 1.29 is 19.1 Å². The number of hydrogen-bond acceptors (Lipinski definition) is 5. The predicted molar refractivity (Wildman–Crippen MR) is 92.2 cm³/mol. The van der Waals surface area contributed by atoms with Gasteiger partial charge in [0.05, 0.1) is 11.1 Å². The summed E-state index contributed by atoms with van der Waals surface area (Å²) in [6.45, 7) is 4.85. The SMILES string of the molecule is C=CCNC(=O)c1cncc(C(=O)Nc2ccc3c(c2)OCCO3)c1. The van der Waals surface area contributed by atoms with Crippen molar-refractivity contribution in [2.24, 2.45) is 0 Å². The lowest BCUT2D eigenvalue weighted by Gasteiger charge is -2.19. The lowest BCUT2D eigenvalue weighted by molar-refractivity contribution is 0.0957. The van der Waals surface area contributed by atoms with Crippen LogP contribution < -0.4 is 20.1 Å². The maximum Gasteiger partial charge on any atom is 0.257 e. The summed E-state index contributed by atoms with van der Waals surface area (Å²) in [4.78, 5) is 28.3. The van der Waals surface area contributed by atoms with E-state index in [0.717, 1.165) is 0 Å². The number of pyridine rings is 1. The number of hydrogen-bond donors (Lipinski definition) is 2. The molecule has 0 spiro atoms. The van der Waals surface area contributed by atoms with Crippen molar-refractivity contribution in [3.05, 3.63) is 60.4 Å². The van der Waals surface area contributed by atoms with Crippen LogP contribution >= 0.6 is 0 Å². The van der Waals surface area contributed by atoms with E-state index in [1.807, 2.05) is 0 Å². The first kappa shape index (κ1) is 16.5. The molecule has 1 aliphatic heterocycles. The first-order valence-electron chi connectivity index (χ1n) is 7.72. The van der Waals surface area contributed by atoms with Crippen molar-refractivity contribution in [1.82, 2.24) is 10.3 Å². The number of carbonyl (C=O) groups is 2. The van der Waals surface area contributed by atoms with Crippen LogP contribution in [-0.4, -0.2) is 36.6 Å². The van der Waals surface area contributed by atoms with Crippen LogP contribution in [0, 0.1) is 0 Å². The zero-order valence-corrected chi connectivity index (χ0v) is 13.5. The van der Waals surface area contributed by atoms with Crippen LogP contribution in [-0.2, 0) is 0 Å². The highest BCUT2D eigenvalue weighted by atomic mass is 16.6. The minimum absolute atomic E-state index is 0.279. The third kappa shape index (κ3) is 3.95. The number of rotatable bonds is 5. The molecular formula is C18H17N3O4. The van der Waals surface area contributed by atoms with Crippen molar-refractivity contribution in [1.29, 1.82) is 0 Å². The van der Waals surface area contributed by atoms with Gasteiger partial charge in [-0.15, -0.1) is 6.58 Å². The molecule has 0 bridgehead atoms. The van der Waals surface area contributed by atoms with Crippen LogP contribution in [0.1, 0.15) is 20.7 Å². The van der Waals surface area contributed by atoms with E-state index in [0.29, 0.717) is 42.5 Å². The van der Waals surface area contributed by atoms with E-state index in [4.69, 9.17) is 9.47 Å². The molecule has 1 aliphatic rings. The van der Waals surface area contributed by atoms with Crippen LogP contribution in [0.25, 0.3) is 0 Å². The molecule has 1 aromatic carbocycles. The van der Waals surface area contributed by atoms with E-state index in [9.17, 15) is 9.59 Å². The summed E-state index contributed by atoms with van der Waals surface area (Å²) in [5.74, 6) is 0.537. The molecule has 2 N–H and O–H groups in total. The van der Waals surface area contributed by atoms with Gasteiger partial charge < -0.3 is 20.1 Å². The second kappa shape index (κ2) is 7.48. The zero-order chi connectivity index (χ0) is 17.6. The lowest BCUT2D eigenvalue weighted by Crippen LogP contribution is -2.24. The molecule has 0 saturated heterocycles. The van der Waals surface area contributed by atoms with Crippen molar-refractivity contribution in [3.63, 3.8) is 0 Å². The summed E-state index contributed by atoms with van der Waals surface area (Å²) in [7, 11) is 0. The number of nitrogens with zero attached hydrogens (tertiary/aromatic N) is 1. The molecule has 0 saturated carbocycles. The molecule has 0 aliphatic carbocycles. The predicted octanol–water partition coefficient (Wildman–Crippen LogP) is 2.02. The third-order valence-electron chi connectivity index (χ3n) is 3.47. The first-order valence-corrected chi connectivity index (χ1v) is 7.72. The Balaban J connectivity index is 1.73. The number of carbonyl (C=O) groups excluding carboxylic acids is 2. The molecule has 128 valence electrons. The maximum absolute atomic E-state index is 12.4. The largest absolute Gasteiger partial charge is 0.486 e. The summed E-state index contributed by atoms with van der Waals surface area (Å²) in [5.41, 5.74) is 1.15. The average molecular weight is 339 g/mol. The molecule has 2 aromatic rings. The van der Waals surface area contributed by atoms with E-state index in [2.05, 4.69) is 22.2 Å². The molecule has 25 heavy (non-hydrogen) atoms. The molecule has 0 radical (unpaired) electrons. The fraction of sp³-hybridized carbons (Fsp3) is 0.167. The summed E-state index contributed by atoms with van der Waals surface area (Å²) in [5, 5.41) is 5.39. The van der Waals surface area contributed by atoms with Crippen LogP contribution in [0.3, 0.4) is 0 Å². The standard InChI is InChI=1S/C18H17N3O4/c1-2-5-20-17(22)12-8-13(11-19-10-12)18(23)21-14-3-4-15-16(9-14)25-7-6-24-15/h2-4,8-11H,1,5-7H2,(H,20,22)(H,21,23). The van der Waals surface area contributed by atoms with Crippen LogP contribution in [0.5, 0.6) is 11.5 Å². The Morgan fingerprint density at radius 1 is 1.08 bits per heavy atom. The molecule has 1 aromatic heterocycles. The number of ether oxygens (including phenoxy) is 2. The lowest BCUT2D eigenvalue weighted by atomic mass is 10.1. The number of anilines is 1. The summed E-state index contributed by atoms with van der Waals surface area (Å²) in [6.07, 6.45) is 4.38. The van der Waals surface area contributed by atoms with Crippen molar-refractivity contribution >= 4 is 17.5 Å². The molecular weight excluding hydrogens is 322 g/mol. The number of amides is 2. The van der Waals surface area contributed by atoms with E-state index >= 15 is 0 Å². The van der Waals surface area contributed by atoms with E-state index < -0.39 is 0 Å². The van der Waals surface area contributed by atoms with Gasteiger partial charge in [0.25, 0.3) is 11.8 Å². The van der Waals surface area contributed by atoms with E-state index in [-0.39, 0.29) is 17.4 Å². The van der Waals surface area contributed by atoms with Gasteiger partial charge in [0.15, 0.2) is 11.5 Å². The number of benzene rings is 1. The van der Waals surface area contributed by atoms with Crippen molar-refractivity contribution in [3.8, 4) is 11.5 Å². The topological polar surface area (TPSA) is 89.6 Å². The van der Waals surface area contributed by atoms with E-state index in [1.54, 1.807) is 24.3 Å². The highest BCUT2D eigenvalue weighted by Crippen LogP contribution is 2.32. The fourth-order valence-electron chi connectivity index (χ4n) is 2.28. The molecule has 7 heteroatoms. The smallest absolute Gasteiger partial charge is 0.257 e. The zero-order valence-electron chi connectivity index (χ0n) is 13.5. The Kier molecular flexibility index (Phi) is 4.94. The Bertz CT molecular complexity index is 820. The first-order chi connectivity index (χ1) is 12.2. The quantitative estimate of drug-likeness (QED) is 0.814. The van der Waals surface area contributed by atoms with Gasteiger partial charge in [-0.1, -0.05) is 6.08 Å². The fourth-order valence-corrected chi connectivity index (χ4v) is 2.28. The van der Waals surface area contributed by atoms with Crippen molar-refractivity contribution in [2.75, 3.05) is 25.1 Å². The van der Waals surface area contributed by atoms with Gasteiger partial charge in [-0.2, -0.15) is 0 Å². The average Bonchev–Trinajstić information content (AvgIpc) is 2.66. The summed E-state index contributed by atoms with van der Waals surface area (Å²) in [6, 6.07) is 6.64. The Morgan fingerprint density at radius 2 is 1.80 bits per heavy atom. The third-order valence-corrected chi connectivity index (χ3v) is 3.47. The Morgan fingerprint density at radius 3 is 2.56 bits per heavy atom. The minimum atomic E-state index is -0.373. The Hall–Kier alpha value is -3.35. The molecule has 0 atom stereocenters. The number of nitrogens with one attached hydrogen (secondary N) is 2. The molecule has 3 rings (SSSR count). The number of fused-ring (bicyclic) bond motifs is 1. The van der Waals surface area contributed by atoms with Gasteiger partial charge in [-0.3, -0.25) is 14.6 Å². The van der Waals surface area contributed by atoms with Gasteiger partial charge in [0, 0.05) is 30.7 Å². The summed E-state index contributed by atoms with van der Waals surface area (Å²) < 4.78 is 10.9. The monoisotopic (exact) mass is 339 g/mol. The molecule has 7 nitrogen and oxygen atoms in total. The van der Waals surface area contributed by atoms with Crippen LogP contribution in [0.2, 0.25) is 0 Å². The maximum atomic E-state index is 12.4. The molecule has 0 fully saturated rings. The van der Waals surface area contributed by atoms with Gasteiger partial charge in [0.2, 0.25) is 0 Å². The van der Waals surface area contributed by atoms with Gasteiger partial charge in [-0.25, -0.2) is 0 Å². The summed E-state index contributed by atoms with van der Waals surface area (Å²) >= 11 is 0. The van der Waals surface area contributed by atoms with E-state index in [1.165, 1.54) is 18.5 Å². The van der Waals surface area contributed by atoms with Crippen LogP contribution in [0.15, 0.2) is 49.3 Å². The molecule has 0 unspecified atom stereocenters. The van der Waals surface area contributed by atoms with Gasteiger partial charge >= 0.3 is 0 Å². The van der Waals surface area contributed by atoms with Crippen LogP contribution in [0.4, 0.5) is 5.69 Å². The van der Waals surface area contributed by atoms with Gasteiger partial charge in [0.1, 0.15) is 13.2 Å². The highest BCUT2D eigenvalue weighted by Gasteiger charge is 2.15.